The number of hydrogen-bond acceptors (Lipinski definition) is 4. The van der Waals surface area contributed by atoms with Gasteiger partial charge >= 0.3 is 5.63 Å². The number of halogens is 1. The van der Waals surface area contributed by atoms with Gasteiger partial charge in [-0.3, -0.25) is 4.79 Å². The van der Waals surface area contributed by atoms with Crippen molar-refractivity contribution in [1.29, 1.82) is 0 Å². The number of carbonyl (C=O) groups excluding carboxylic acids is 1. The van der Waals surface area contributed by atoms with E-state index in [4.69, 9.17) is 20.8 Å². The monoisotopic (exact) mass is 391 g/mol. The maximum absolute atomic E-state index is 12.7. The maximum Gasteiger partial charge on any atom is 0.349 e. The summed E-state index contributed by atoms with van der Waals surface area (Å²) in [5.41, 5.74) is -0.0567. The van der Waals surface area contributed by atoms with Gasteiger partial charge in [0.25, 0.3) is 5.91 Å². The Morgan fingerprint density at radius 3 is 2.50 bits per heavy atom. The van der Waals surface area contributed by atoms with Crippen LogP contribution in [0.2, 0.25) is 5.02 Å². The Labute approximate surface area is 165 Å². The summed E-state index contributed by atoms with van der Waals surface area (Å²) >= 11 is 5.98. The third-order valence-electron chi connectivity index (χ3n) is 4.05. The second-order valence-electron chi connectivity index (χ2n) is 6.00. The Hall–Kier alpha value is -3.57. The van der Waals surface area contributed by atoms with Crippen LogP contribution in [0.15, 0.2) is 88.1 Å². The molecule has 0 aliphatic rings. The van der Waals surface area contributed by atoms with Gasteiger partial charge in [0.05, 0.1) is 5.69 Å². The van der Waals surface area contributed by atoms with Gasteiger partial charge in [0, 0.05) is 10.4 Å². The first-order valence-electron chi connectivity index (χ1n) is 8.47. The van der Waals surface area contributed by atoms with E-state index in [0.717, 1.165) is 0 Å². The van der Waals surface area contributed by atoms with Gasteiger partial charge in [0.15, 0.2) is 5.75 Å². The van der Waals surface area contributed by atoms with Crippen molar-refractivity contribution in [2.24, 2.45) is 0 Å². The Bertz CT molecular complexity index is 1220. The van der Waals surface area contributed by atoms with Gasteiger partial charge in [0.2, 0.25) is 0 Å². The van der Waals surface area contributed by atoms with Crippen LogP contribution in [0.3, 0.4) is 0 Å². The molecule has 1 N–H and O–H groups in total. The molecule has 1 amide bonds. The molecular formula is C22H14ClNO4. The molecule has 4 aromatic rings. The minimum absolute atomic E-state index is 0.121. The van der Waals surface area contributed by atoms with E-state index in [1.807, 2.05) is 18.2 Å². The Balaban J connectivity index is 1.65. The van der Waals surface area contributed by atoms with Gasteiger partial charge in [0.1, 0.15) is 16.9 Å². The first kappa shape index (κ1) is 17.8. The normalized spacial score (nSPS) is 10.6. The van der Waals surface area contributed by atoms with Gasteiger partial charge in [-0.2, -0.15) is 0 Å². The first-order valence-corrected chi connectivity index (χ1v) is 8.85. The Morgan fingerprint density at radius 1 is 0.929 bits per heavy atom. The fourth-order valence-electron chi connectivity index (χ4n) is 2.72. The molecule has 0 atom stereocenters. The molecule has 1 heterocycles. The van der Waals surface area contributed by atoms with Crippen molar-refractivity contribution in [3.8, 4) is 11.5 Å². The number of anilines is 1. The van der Waals surface area contributed by atoms with Crippen LogP contribution in [0, 0.1) is 0 Å². The highest BCUT2D eigenvalue weighted by atomic mass is 35.5. The van der Waals surface area contributed by atoms with Crippen molar-refractivity contribution >= 4 is 34.2 Å². The maximum atomic E-state index is 12.7. The molecule has 138 valence electrons. The number of benzene rings is 3. The van der Waals surface area contributed by atoms with Gasteiger partial charge in [-0.25, -0.2) is 4.79 Å². The van der Waals surface area contributed by atoms with E-state index in [-0.39, 0.29) is 5.56 Å². The topological polar surface area (TPSA) is 68.5 Å². The molecule has 0 bridgehead atoms. The van der Waals surface area contributed by atoms with E-state index in [1.165, 1.54) is 6.07 Å². The SMILES string of the molecule is O=C(Nc1ccccc1Oc1ccccc1)c1cc2cc(Cl)ccc2oc1=O. The number of para-hydroxylation sites is 3. The molecule has 4 rings (SSSR count). The molecule has 3 aromatic carbocycles. The van der Waals surface area contributed by atoms with E-state index in [1.54, 1.807) is 54.6 Å². The molecule has 1 aromatic heterocycles. The number of ether oxygens (including phenoxy) is 1. The predicted octanol–water partition coefficient (Wildman–Crippen LogP) is 5.49. The Morgan fingerprint density at radius 2 is 1.68 bits per heavy atom. The van der Waals surface area contributed by atoms with Crippen molar-refractivity contribution < 1.29 is 13.9 Å². The van der Waals surface area contributed by atoms with Crippen LogP contribution in [0.1, 0.15) is 10.4 Å². The molecule has 0 saturated carbocycles. The second kappa shape index (κ2) is 7.58. The molecule has 0 aliphatic carbocycles. The lowest BCUT2D eigenvalue weighted by atomic mass is 10.1. The summed E-state index contributed by atoms with van der Waals surface area (Å²) in [6.45, 7) is 0. The van der Waals surface area contributed by atoms with Crippen LogP contribution in [0.4, 0.5) is 5.69 Å². The number of rotatable bonds is 4. The largest absolute Gasteiger partial charge is 0.455 e. The number of nitrogens with one attached hydrogen (secondary N) is 1. The average Bonchev–Trinajstić information content (AvgIpc) is 2.70. The summed E-state index contributed by atoms with van der Waals surface area (Å²) in [5, 5.41) is 3.75. The molecule has 0 aliphatic heterocycles. The second-order valence-corrected chi connectivity index (χ2v) is 6.43. The van der Waals surface area contributed by atoms with Gasteiger partial charge < -0.3 is 14.5 Å². The summed E-state index contributed by atoms with van der Waals surface area (Å²) in [5.74, 6) is 0.485. The first-order chi connectivity index (χ1) is 13.6. The van der Waals surface area contributed by atoms with Crippen LogP contribution >= 0.6 is 11.6 Å². The average molecular weight is 392 g/mol. The minimum atomic E-state index is -0.728. The third kappa shape index (κ3) is 3.75. The summed E-state index contributed by atoms with van der Waals surface area (Å²) in [6, 6.07) is 22.5. The third-order valence-corrected chi connectivity index (χ3v) is 4.28. The fourth-order valence-corrected chi connectivity index (χ4v) is 2.90. The van der Waals surface area contributed by atoms with Crippen molar-refractivity contribution in [2.45, 2.75) is 0 Å². The van der Waals surface area contributed by atoms with E-state index < -0.39 is 11.5 Å². The molecule has 5 nitrogen and oxygen atoms in total. The lowest BCUT2D eigenvalue weighted by Gasteiger charge is -2.12. The Kier molecular flexibility index (Phi) is 4.83. The molecule has 0 spiro atoms. The van der Waals surface area contributed by atoms with Crippen LogP contribution in [0.25, 0.3) is 11.0 Å². The number of fused-ring (bicyclic) bond motifs is 1. The highest BCUT2D eigenvalue weighted by Gasteiger charge is 2.16. The van der Waals surface area contributed by atoms with E-state index in [9.17, 15) is 9.59 Å². The molecule has 0 unspecified atom stereocenters. The van der Waals surface area contributed by atoms with Crippen molar-refractivity contribution in [3.63, 3.8) is 0 Å². The van der Waals surface area contributed by atoms with Crippen molar-refractivity contribution in [3.05, 3.63) is 99.9 Å². The number of amides is 1. The zero-order valence-electron chi connectivity index (χ0n) is 14.5. The molecule has 0 radical (unpaired) electrons. The van der Waals surface area contributed by atoms with Crippen LogP contribution in [-0.4, -0.2) is 5.91 Å². The number of carbonyl (C=O) groups is 1. The fraction of sp³-hybridized carbons (Fsp3) is 0. The molecule has 0 saturated heterocycles. The lowest BCUT2D eigenvalue weighted by Crippen LogP contribution is -2.20. The number of hydrogen-bond donors (Lipinski definition) is 1. The standard InChI is InChI=1S/C22H14ClNO4/c23-15-10-11-19-14(12-15)13-17(22(26)28-19)21(25)24-18-8-4-5-9-20(18)27-16-6-2-1-3-7-16/h1-13H,(H,24,25). The smallest absolute Gasteiger partial charge is 0.349 e. The molecule has 0 fully saturated rings. The van der Waals surface area contributed by atoms with Crippen LogP contribution in [-0.2, 0) is 0 Å². The lowest BCUT2D eigenvalue weighted by molar-refractivity contribution is 0.102. The zero-order valence-corrected chi connectivity index (χ0v) is 15.3. The predicted molar refractivity (Wildman–Crippen MR) is 108 cm³/mol. The molecular weight excluding hydrogens is 378 g/mol. The van der Waals surface area contributed by atoms with E-state index in [0.29, 0.717) is 33.2 Å². The van der Waals surface area contributed by atoms with Gasteiger partial charge in [-0.15, -0.1) is 0 Å². The summed E-state index contributed by atoms with van der Waals surface area (Å²) < 4.78 is 11.1. The highest BCUT2D eigenvalue weighted by Crippen LogP contribution is 2.29. The van der Waals surface area contributed by atoms with Crippen molar-refractivity contribution in [2.75, 3.05) is 5.32 Å². The van der Waals surface area contributed by atoms with E-state index in [2.05, 4.69) is 5.32 Å². The van der Waals surface area contributed by atoms with Crippen molar-refractivity contribution in [1.82, 2.24) is 0 Å². The summed E-state index contributed by atoms with van der Waals surface area (Å²) in [4.78, 5) is 24.9. The van der Waals surface area contributed by atoms with Gasteiger partial charge in [-0.1, -0.05) is 41.9 Å². The van der Waals surface area contributed by atoms with Crippen LogP contribution in [0.5, 0.6) is 11.5 Å². The minimum Gasteiger partial charge on any atom is -0.455 e. The summed E-state index contributed by atoms with van der Waals surface area (Å²) in [7, 11) is 0. The molecule has 28 heavy (non-hydrogen) atoms. The summed E-state index contributed by atoms with van der Waals surface area (Å²) in [6.07, 6.45) is 0. The molecule has 6 heteroatoms. The van der Waals surface area contributed by atoms with E-state index >= 15 is 0 Å². The highest BCUT2D eigenvalue weighted by molar-refractivity contribution is 6.31. The van der Waals surface area contributed by atoms with Crippen LogP contribution < -0.4 is 15.7 Å². The zero-order chi connectivity index (χ0) is 19.5. The van der Waals surface area contributed by atoms with Gasteiger partial charge in [-0.05, 0) is 48.5 Å². The quantitative estimate of drug-likeness (QED) is 0.467.